The van der Waals surface area contributed by atoms with Crippen molar-refractivity contribution in [3.63, 3.8) is 0 Å². The highest BCUT2D eigenvalue weighted by molar-refractivity contribution is 9.10. The number of hydrogen-bond donors (Lipinski definition) is 2. The van der Waals surface area contributed by atoms with Crippen LogP contribution < -0.4 is 0 Å². The van der Waals surface area contributed by atoms with Gasteiger partial charge in [-0.1, -0.05) is 29.3 Å². The quantitative estimate of drug-likeness (QED) is 0.705. The van der Waals surface area contributed by atoms with E-state index in [-0.39, 0.29) is 23.0 Å². The average molecular weight is 223 g/mol. The third kappa shape index (κ3) is 1.76. The van der Waals surface area contributed by atoms with Crippen LogP contribution in [0.5, 0.6) is 0 Å². The molecule has 0 spiro atoms. The standard InChI is InChI=1S/C8H15BrO2/c1-2-3-7(11)8(9)4-6(8)5-10/h6-7,10-11H,2-5H2,1H3/t6-,7+,8+/m0/s1. The molecule has 1 aliphatic carbocycles. The van der Waals surface area contributed by atoms with Gasteiger partial charge in [0.2, 0.25) is 0 Å². The number of aliphatic hydroxyl groups is 2. The van der Waals surface area contributed by atoms with E-state index in [1.54, 1.807) is 0 Å². The van der Waals surface area contributed by atoms with Crippen LogP contribution in [0.3, 0.4) is 0 Å². The van der Waals surface area contributed by atoms with Crippen molar-refractivity contribution in [2.24, 2.45) is 5.92 Å². The second-order valence-corrected chi connectivity index (χ2v) is 4.79. The Hall–Kier alpha value is 0.400. The van der Waals surface area contributed by atoms with Crippen molar-refractivity contribution in [1.29, 1.82) is 0 Å². The number of halogens is 1. The Morgan fingerprint density at radius 2 is 2.36 bits per heavy atom. The molecule has 3 heteroatoms. The van der Waals surface area contributed by atoms with Crippen LogP contribution in [-0.4, -0.2) is 27.2 Å². The predicted octanol–water partition coefficient (Wildman–Crippen LogP) is 1.29. The Balaban J connectivity index is 2.36. The molecular weight excluding hydrogens is 208 g/mol. The number of rotatable bonds is 4. The van der Waals surface area contributed by atoms with Gasteiger partial charge in [-0.15, -0.1) is 0 Å². The van der Waals surface area contributed by atoms with E-state index in [4.69, 9.17) is 5.11 Å². The Labute approximate surface area is 75.7 Å². The SMILES string of the molecule is CCC[C@@H](O)[C@@]1(Br)C[C@H]1CO. The number of alkyl halides is 1. The van der Waals surface area contributed by atoms with Crippen molar-refractivity contribution in [2.45, 2.75) is 36.6 Å². The maximum absolute atomic E-state index is 9.59. The third-order valence-corrected chi connectivity index (χ3v) is 3.91. The van der Waals surface area contributed by atoms with Gasteiger partial charge in [0, 0.05) is 12.5 Å². The van der Waals surface area contributed by atoms with Crippen molar-refractivity contribution in [2.75, 3.05) is 6.61 Å². The molecule has 0 unspecified atom stereocenters. The molecule has 66 valence electrons. The molecule has 0 radical (unpaired) electrons. The lowest BCUT2D eigenvalue weighted by atomic mass is 10.1. The lowest BCUT2D eigenvalue weighted by Gasteiger charge is -2.16. The van der Waals surface area contributed by atoms with Crippen LogP contribution in [0.2, 0.25) is 0 Å². The molecule has 0 heterocycles. The van der Waals surface area contributed by atoms with E-state index in [2.05, 4.69) is 22.9 Å². The molecule has 0 aromatic heterocycles. The van der Waals surface area contributed by atoms with Crippen LogP contribution in [-0.2, 0) is 0 Å². The zero-order chi connectivity index (χ0) is 8.48. The summed E-state index contributed by atoms with van der Waals surface area (Å²) in [6.07, 6.45) is 2.43. The molecule has 1 saturated carbocycles. The third-order valence-electron chi connectivity index (χ3n) is 2.41. The van der Waals surface area contributed by atoms with Crippen LogP contribution in [0.4, 0.5) is 0 Å². The Bertz CT molecular complexity index is 140. The molecule has 1 rings (SSSR count). The molecular formula is C8H15BrO2. The summed E-state index contributed by atoms with van der Waals surface area (Å²) in [6.45, 7) is 2.24. The maximum Gasteiger partial charge on any atom is 0.0696 e. The first kappa shape index (κ1) is 9.49. The molecule has 0 saturated heterocycles. The van der Waals surface area contributed by atoms with Crippen LogP contribution in [0.15, 0.2) is 0 Å². The van der Waals surface area contributed by atoms with E-state index in [0.717, 1.165) is 19.3 Å². The predicted molar refractivity (Wildman–Crippen MR) is 47.8 cm³/mol. The van der Waals surface area contributed by atoms with Gasteiger partial charge in [0.05, 0.1) is 10.4 Å². The molecule has 2 N–H and O–H groups in total. The molecule has 2 nitrogen and oxygen atoms in total. The van der Waals surface area contributed by atoms with Gasteiger partial charge in [0.25, 0.3) is 0 Å². The van der Waals surface area contributed by atoms with Gasteiger partial charge in [0.1, 0.15) is 0 Å². The van der Waals surface area contributed by atoms with Crippen molar-refractivity contribution >= 4 is 15.9 Å². The van der Waals surface area contributed by atoms with Crippen molar-refractivity contribution in [1.82, 2.24) is 0 Å². The van der Waals surface area contributed by atoms with Gasteiger partial charge in [-0.25, -0.2) is 0 Å². The van der Waals surface area contributed by atoms with E-state index in [9.17, 15) is 5.11 Å². The smallest absolute Gasteiger partial charge is 0.0696 e. The van der Waals surface area contributed by atoms with Crippen molar-refractivity contribution in [3.05, 3.63) is 0 Å². The molecule has 0 aliphatic heterocycles. The van der Waals surface area contributed by atoms with Gasteiger partial charge in [-0.3, -0.25) is 0 Å². The maximum atomic E-state index is 9.59. The highest BCUT2D eigenvalue weighted by Gasteiger charge is 2.56. The molecule has 0 aromatic rings. The monoisotopic (exact) mass is 222 g/mol. The first-order chi connectivity index (χ1) is 5.15. The molecule has 0 bridgehead atoms. The Kier molecular flexibility index (Phi) is 2.95. The summed E-state index contributed by atoms with van der Waals surface area (Å²) in [5.74, 6) is 0.268. The van der Waals surface area contributed by atoms with Gasteiger partial charge in [-0.05, 0) is 12.8 Å². The molecule has 3 atom stereocenters. The summed E-state index contributed by atoms with van der Waals surface area (Å²) in [7, 11) is 0. The minimum atomic E-state index is -0.287. The Morgan fingerprint density at radius 1 is 1.73 bits per heavy atom. The summed E-state index contributed by atoms with van der Waals surface area (Å²) in [5.41, 5.74) is 0. The fraction of sp³-hybridized carbons (Fsp3) is 1.00. The zero-order valence-corrected chi connectivity index (χ0v) is 8.34. The minimum Gasteiger partial charge on any atom is -0.396 e. The number of hydrogen-bond acceptors (Lipinski definition) is 2. The van der Waals surface area contributed by atoms with Gasteiger partial charge in [-0.2, -0.15) is 0 Å². The summed E-state index contributed by atoms with van der Waals surface area (Å²) in [4.78, 5) is 0. The number of aliphatic hydroxyl groups excluding tert-OH is 2. The first-order valence-corrected chi connectivity index (χ1v) is 4.92. The highest BCUT2D eigenvalue weighted by Crippen LogP contribution is 2.54. The van der Waals surface area contributed by atoms with Crippen LogP contribution in [0.1, 0.15) is 26.2 Å². The lowest BCUT2D eigenvalue weighted by molar-refractivity contribution is 0.142. The van der Waals surface area contributed by atoms with E-state index in [0.29, 0.717) is 0 Å². The van der Waals surface area contributed by atoms with Gasteiger partial charge >= 0.3 is 0 Å². The van der Waals surface area contributed by atoms with Crippen molar-refractivity contribution in [3.8, 4) is 0 Å². The van der Waals surface area contributed by atoms with Gasteiger partial charge < -0.3 is 10.2 Å². The van der Waals surface area contributed by atoms with Crippen LogP contribution >= 0.6 is 15.9 Å². The zero-order valence-electron chi connectivity index (χ0n) is 6.76. The van der Waals surface area contributed by atoms with E-state index in [1.807, 2.05) is 0 Å². The first-order valence-electron chi connectivity index (χ1n) is 4.13. The topological polar surface area (TPSA) is 40.5 Å². The second-order valence-electron chi connectivity index (χ2n) is 3.31. The Morgan fingerprint density at radius 3 is 2.73 bits per heavy atom. The van der Waals surface area contributed by atoms with Crippen molar-refractivity contribution < 1.29 is 10.2 Å². The van der Waals surface area contributed by atoms with E-state index >= 15 is 0 Å². The normalized spacial score (nSPS) is 38.7. The second kappa shape index (κ2) is 3.42. The van der Waals surface area contributed by atoms with Crippen LogP contribution in [0, 0.1) is 5.92 Å². The summed E-state index contributed by atoms with van der Waals surface area (Å²) >= 11 is 3.47. The molecule has 0 aromatic carbocycles. The van der Waals surface area contributed by atoms with Gasteiger partial charge in [0.15, 0.2) is 0 Å². The lowest BCUT2D eigenvalue weighted by Crippen LogP contribution is -2.24. The molecule has 1 fully saturated rings. The van der Waals surface area contributed by atoms with E-state index in [1.165, 1.54) is 0 Å². The largest absolute Gasteiger partial charge is 0.396 e. The van der Waals surface area contributed by atoms with Crippen LogP contribution in [0.25, 0.3) is 0 Å². The molecule has 1 aliphatic rings. The highest BCUT2D eigenvalue weighted by atomic mass is 79.9. The summed E-state index contributed by atoms with van der Waals surface area (Å²) in [6, 6.07) is 0. The molecule has 0 amide bonds. The molecule has 11 heavy (non-hydrogen) atoms. The summed E-state index contributed by atoms with van der Waals surface area (Å²) < 4.78 is -0.155. The average Bonchev–Trinajstić information content (AvgIpc) is 2.64. The van der Waals surface area contributed by atoms with E-state index < -0.39 is 0 Å². The fourth-order valence-corrected chi connectivity index (χ4v) is 2.22. The minimum absolute atomic E-state index is 0.155. The fourth-order valence-electron chi connectivity index (χ4n) is 1.46. The summed E-state index contributed by atoms with van der Waals surface area (Å²) in [5, 5.41) is 18.4.